The highest BCUT2D eigenvalue weighted by atomic mass is 79.9. The number of tetrazole rings is 1. The first-order valence-electron chi connectivity index (χ1n) is 7.87. The van der Waals surface area contributed by atoms with Crippen molar-refractivity contribution in [2.45, 2.75) is 10.9 Å². The Morgan fingerprint density at radius 1 is 1.07 bits per heavy atom. The number of hydrogen-bond donors (Lipinski definition) is 0. The fraction of sp³-hybridized carbons (Fsp3) is 0.118. The van der Waals surface area contributed by atoms with Crippen molar-refractivity contribution in [2.75, 3.05) is 7.11 Å². The Kier molecular flexibility index (Phi) is 5.16. The minimum absolute atomic E-state index is 0.444. The lowest BCUT2D eigenvalue weighted by Gasteiger charge is -2.08. The van der Waals surface area contributed by atoms with Gasteiger partial charge in [-0.1, -0.05) is 39.8 Å². The summed E-state index contributed by atoms with van der Waals surface area (Å²) in [5.41, 5.74) is 1.62. The van der Waals surface area contributed by atoms with E-state index in [0.717, 1.165) is 15.7 Å². The van der Waals surface area contributed by atoms with Crippen LogP contribution in [0.5, 0.6) is 5.75 Å². The highest BCUT2D eigenvalue weighted by Gasteiger charge is 2.15. The van der Waals surface area contributed by atoms with Crippen molar-refractivity contribution >= 4 is 27.7 Å². The van der Waals surface area contributed by atoms with Crippen LogP contribution in [-0.2, 0) is 5.75 Å². The molecule has 8 nitrogen and oxygen atoms in total. The molecule has 0 saturated heterocycles. The smallest absolute Gasteiger partial charge is 0.247 e. The zero-order valence-corrected chi connectivity index (χ0v) is 16.5. The van der Waals surface area contributed by atoms with Gasteiger partial charge in [0.2, 0.25) is 16.9 Å². The Morgan fingerprint density at radius 2 is 1.89 bits per heavy atom. The lowest BCUT2D eigenvalue weighted by Crippen LogP contribution is -2.01. The topological polar surface area (TPSA) is 91.8 Å². The lowest BCUT2D eigenvalue weighted by molar-refractivity contribution is 0.410. The van der Waals surface area contributed by atoms with Gasteiger partial charge in [-0.25, -0.2) is 0 Å². The van der Waals surface area contributed by atoms with Gasteiger partial charge in [-0.15, -0.1) is 15.3 Å². The molecule has 0 spiro atoms. The molecule has 0 saturated carbocycles. The van der Waals surface area contributed by atoms with Crippen molar-refractivity contribution in [3.63, 3.8) is 0 Å². The molecule has 2 aromatic heterocycles. The first-order chi connectivity index (χ1) is 13.2. The lowest BCUT2D eigenvalue weighted by atomic mass is 10.2. The number of thioether (sulfide) groups is 1. The van der Waals surface area contributed by atoms with Crippen LogP contribution in [0.1, 0.15) is 5.89 Å². The Labute approximate surface area is 167 Å². The molecule has 0 unspecified atom stereocenters. The van der Waals surface area contributed by atoms with Gasteiger partial charge in [0.15, 0.2) is 0 Å². The third kappa shape index (κ3) is 3.86. The second kappa shape index (κ2) is 7.89. The zero-order valence-electron chi connectivity index (χ0n) is 14.1. The van der Waals surface area contributed by atoms with E-state index in [1.54, 1.807) is 11.8 Å². The number of ether oxygens (including phenoxy) is 1. The minimum atomic E-state index is 0.444. The van der Waals surface area contributed by atoms with Crippen LogP contribution in [0.15, 0.2) is 62.6 Å². The average Bonchev–Trinajstić information content (AvgIpc) is 3.36. The minimum Gasteiger partial charge on any atom is -0.494 e. The first-order valence-corrected chi connectivity index (χ1v) is 9.65. The van der Waals surface area contributed by atoms with Crippen LogP contribution in [0.4, 0.5) is 0 Å². The van der Waals surface area contributed by atoms with Gasteiger partial charge in [-0.3, -0.25) is 0 Å². The number of rotatable bonds is 6. The summed E-state index contributed by atoms with van der Waals surface area (Å²) in [6.45, 7) is 0. The van der Waals surface area contributed by atoms with Crippen LogP contribution in [0.3, 0.4) is 0 Å². The van der Waals surface area contributed by atoms with Crippen LogP contribution in [0, 0.1) is 0 Å². The highest BCUT2D eigenvalue weighted by molar-refractivity contribution is 9.10. The molecule has 0 bridgehead atoms. The molecule has 4 rings (SSSR count). The van der Waals surface area contributed by atoms with E-state index < -0.39 is 0 Å². The summed E-state index contributed by atoms with van der Waals surface area (Å²) in [4.78, 5) is 0. The summed E-state index contributed by atoms with van der Waals surface area (Å²) in [5, 5.41) is 20.7. The van der Waals surface area contributed by atoms with Crippen molar-refractivity contribution < 1.29 is 9.15 Å². The fourth-order valence-corrected chi connectivity index (χ4v) is 3.36. The Bertz CT molecular complexity index is 1050. The number of hydrogen-bond acceptors (Lipinski definition) is 8. The molecule has 0 N–H and O–H groups in total. The van der Waals surface area contributed by atoms with E-state index in [4.69, 9.17) is 9.15 Å². The van der Waals surface area contributed by atoms with E-state index in [-0.39, 0.29) is 0 Å². The maximum absolute atomic E-state index is 5.74. The van der Waals surface area contributed by atoms with E-state index in [9.17, 15) is 0 Å². The third-order valence-corrected chi connectivity index (χ3v) is 5.07. The predicted molar refractivity (Wildman–Crippen MR) is 103 cm³/mol. The summed E-state index contributed by atoms with van der Waals surface area (Å²) in [6.07, 6.45) is 0. The van der Waals surface area contributed by atoms with Gasteiger partial charge in [-0.2, -0.15) is 4.68 Å². The number of para-hydroxylation sites is 2. The summed E-state index contributed by atoms with van der Waals surface area (Å²) in [5.74, 6) is 2.09. The number of benzene rings is 2. The average molecular weight is 445 g/mol. The molecule has 2 heterocycles. The van der Waals surface area contributed by atoms with Crippen LogP contribution >= 0.6 is 27.7 Å². The van der Waals surface area contributed by atoms with E-state index in [1.807, 2.05) is 48.5 Å². The van der Waals surface area contributed by atoms with Gasteiger partial charge in [0.1, 0.15) is 11.4 Å². The molecule has 4 aromatic rings. The van der Waals surface area contributed by atoms with E-state index >= 15 is 0 Å². The molecular formula is C17H13BrN6O2S. The predicted octanol–water partition coefficient (Wildman–Crippen LogP) is 3.78. The molecule has 0 aliphatic rings. The van der Waals surface area contributed by atoms with Gasteiger partial charge in [0.25, 0.3) is 0 Å². The molecular weight excluding hydrogens is 432 g/mol. The van der Waals surface area contributed by atoms with E-state index in [0.29, 0.717) is 28.4 Å². The van der Waals surface area contributed by atoms with Gasteiger partial charge >= 0.3 is 0 Å². The highest BCUT2D eigenvalue weighted by Crippen LogP contribution is 2.28. The Morgan fingerprint density at radius 3 is 2.70 bits per heavy atom. The molecule has 10 heteroatoms. The number of halogens is 1. The van der Waals surface area contributed by atoms with Crippen LogP contribution in [0.2, 0.25) is 0 Å². The molecule has 0 amide bonds. The fourth-order valence-electron chi connectivity index (χ4n) is 2.37. The summed E-state index contributed by atoms with van der Waals surface area (Å²) in [6, 6.07) is 15.2. The molecule has 27 heavy (non-hydrogen) atoms. The monoisotopic (exact) mass is 444 g/mol. The SMILES string of the molecule is COc1ccccc1-n1nnnc1SCc1nnc(-c2ccc(Br)cc2)o1. The largest absolute Gasteiger partial charge is 0.494 e. The molecule has 2 aromatic carbocycles. The Balaban J connectivity index is 1.51. The van der Waals surface area contributed by atoms with Crippen molar-refractivity contribution in [1.29, 1.82) is 0 Å². The maximum atomic E-state index is 5.74. The van der Waals surface area contributed by atoms with Gasteiger partial charge < -0.3 is 9.15 Å². The van der Waals surface area contributed by atoms with Crippen molar-refractivity contribution in [3.8, 4) is 22.9 Å². The maximum Gasteiger partial charge on any atom is 0.247 e. The molecule has 0 radical (unpaired) electrons. The van der Waals surface area contributed by atoms with Crippen molar-refractivity contribution in [3.05, 3.63) is 58.9 Å². The van der Waals surface area contributed by atoms with Gasteiger partial charge in [0, 0.05) is 10.0 Å². The molecule has 0 aliphatic carbocycles. The standard InChI is InChI=1S/C17H13BrN6O2S/c1-25-14-5-3-2-4-13(14)24-17(21-22-23-24)27-10-15-19-20-16(26-15)11-6-8-12(18)9-7-11/h2-9H,10H2,1H3. The Hall–Kier alpha value is -2.72. The number of aromatic nitrogens is 6. The van der Waals surface area contributed by atoms with Gasteiger partial charge in [-0.05, 0) is 46.8 Å². The second-order valence-electron chi connectivity index (χ2n) is 5.34. The van der Waals surface area contributed by atoms with E-state index in [2.05, 4.69) is 41.7 Å². The van der Waals surface area contributed by atoms with Crippen LogP contribution in [0.25, 0.3) is 17.1 Å². The normalized spacial score (nSPS) is 10.9. The molecule has 0 aliphatic heterocycles. The molecule has 0 atom stereocenters. The van der Waals surface area contributed by atoms with Crippen molar-refractivity contribution in [2.24, 2.45) is 0 Å². The number of nitrogens with zero attached hydrogens (tertiary/aromatic N) is 6. The first kappa shape index (κ1) is 17.7. The second-order valence-corrected chi connectivity index (χ2v) is 7.20. The van der Waals surface area contributed by atoms with Crippen LogP contribution in [-0.4, -0.2) is 37.5 Å². The molecule has 0 fully saturated rings. The zero-order chi connectivity index (χ0) is 18.6. The number of methoxy groups -OCH3 is 1. The van der Waals surface area contributed by atoms with E-state index in [1.165, 1.54) is 11.8 Å². The van der Waals surface area contributed by atoms with Crippen molar-refractivity contribution in [1.82, 2.24) is 30.4 Å². The quantitative estimate of drug-likeness (QED) is 0.414. The summed E-state index contributed by atoms with van der Waals surface area (Å²) >= 11 is 4.81. The summed E-state index contributed by atoms with van der Waals surface area (Å²) in [7, 11) is 1.61. The third-order valence-electron chi connectivity index (χ3n) is 3.64. The summed E-state index contributed by atoms with van der Waals surface area (Å²) < 4.78 is 13.7. The van der Waals surface area contributed by atoms with Crippen LogP contribution < -0.4 is 4.74 Å². The molecule has 136 valence electrons. The van der Waals surface area contributed by atoms with Gasteiger partial charge in [0.05, 0.1) is 12.9 Å².